The third-order valence-electron chi connectivity index (χ3n) is 4.97. The van der Waals surface area contributed by atoms with Crippen LogP contribution in [0.15, 0.2) is 48.3 Å². The van der Waals surface area contributed by atoms with Crippen molar-refractivity contribution in [2.75, 3.05) is 13.1 Å². The van der Waals surface area contributed by atoms with E-state index in [2.05, 4.69) is 15.2 Å². The van der Waals surface area contributed by atoms with Crippen LogP contribution in [0.4, 0.5) is 13.2 Å². The first-order valence-corrected chi connectivity index (χ1v) is 8.83. The lowest BCUT2D eigenvalue weighted by atomic mass is 10.1. The Bertz CT molecular complexity index is 883. The fraction of sp³-hybridized carbons (Fsp3) is 0.368. The molecule has 2 aromatic rings. The second-order valence-electron chi connectivity index (χ2n) is 6.82. The number of alkyl halides is 3. The van der Waals surface area contributed by atoms with Gasteiger partial charge in [0.1, 0.15) is 5.69 Å². The van der Waals surface area contributed by atoms with E-state index in [0.29, 0.717) is 13.1 Å². The Kier molecular flexibility index (Phi) is 4.51. The topological polar surface area (TPSA) is 46.0 Å². The molecule has 2 aromatic heterocycles. The minimum atomic E-state index is -4.31. The third-order valence-corrected chi connectivity index (χ3v) is 4.97. The Morgan fingerprint density at radius 1 is 1.26 bits per heavy atom. The van der Waals surface area contributed by atoms with Gasteiger partial charge in [-0.1, -0.05) is 18.2 Å². The van der Waals surface area contributed by atoms with Crippen molar-refractivity contribution >= 4 is 0 Å². The molecule has 5 nitrogen and oxygen atoms in total. The molecule has 0 spiro atoms. The number of hydrogen-bond donors (Lipinski definition) is 1. The van der Waals surface area contributed by atoms with Gasteiger partial charge in [-0.25, -0.2) is 0 Å². The minimum absolute atomic E-state index is 0.138. The molecular weight excluding hydrogens is 355 g/mol. The molecule has 0 amide bonds. The van der Waals surface area contributed by atoms with Crippen LogP contribution in [0.2, 0.25) is 0 Å². The maximum absolute atomic E-state index is 12.7. The van der Waals surface area contributed by atoms with Gasteiger partial charge in [-0.3, -0.25) is 14.6 Å². The molecule has 0 saturated heterocycles. The highest BCUT2D eigenvalue weighted by Crippen LogP contribution is 2.28. The molecule has 0 radical (unpaired) electrons. The van der Waals surface area contributed by atoms with Gasteiger partial charge in [0, 0.05) is 37.6 Å². The first-order chi connectivity index (χ1) is 12.9. The second kappa shape index (κ2) is 6.84. The summed E-state index contributed by atoms with van der Waals surface area (Å²) in [6, 6.07) is 5.62. The van der Waals surface area contributed by atoms with E-state index in [1.165, 1.54) is 0 Å². The van der Waals surface area contributed by atoms with Gasteiger partial charge < -0.3 is 5.32 Å². The number of fused-ring (bicyclic) bond motifs is 1. The van der Waals surface area contributed by atoms with Crippen molar-refractivity contribution in [2.45, 2.75) is 32.2 Å². The van der Waals surface area contributed by atoms with Crippen LogP contribution in [0.25, 0.3) is 11.4 Å². The SMILES string of the molecule is Cc1c(-c2ccccn2)nn2c1CN(CC1C=CC(C(F)(F)F)=CN1)CC2. The predicted octanol–water partition coefficient (Wildman–Crippen LogP) is 3.04. The van der Waals surface area contributed by atoms with Crippen molar-refractivity contribution < 1.29 is 13.2 Å². The van der Waals surface area contributed by atoms with Crippen LogP contribution >= 0.6 is 0 Å². The summed E-state index contributed by atoms with van der Waals surface area (Å²) >= 11 is 0. The van der Waals surface area contributed by atoms with Gasteiger partial charge in [0.15, 0.2) is 0 Å². The number of nitrogens with zero attached hydrogens (tertiary/aromatic N) is 4. The quantitative estimate of drug-likeness (QED) is 0.896. The van der Waals surface area contributed by atoms with E-state index in [-0.39, 0.29) is 6.04 Å². The molecule has 1 N–H and O–H groups in total. The molecule has 2 aliphatic rings. The summed E-state index contributed by atoms with van der Waals surface area (Å²) in [7, 11) is 0. The van der Waals surface area contributed by atoms with Crippen LogP contribution in [0, 0.1) is 6.92 Å². The molecule has 0 bridgehead atoms. The molecule has 8 heteroatoms. The molecule has 1 atom stereocenters. The normalized spacial score (nSPS) is 20.1. The molecule has 142 valence electrons. The lowest BCUT2D eigenvalue weighted by Crippen LogP contribution is -2.43. The zero-order chi connectivity index (χ0) is 19.0. The standard InChI is InChI=1S/C19H20F3N5/c1-13-17-12-26(11-15-6-5-14(10-24-15)19(20,21)22)8-9-27(17)25-18(13)16-4-2-3-7-23-16/h2-7,10,15,24H,8-9,11-12H2,1H3. The molecule has 1 unspecified atom stereocenters. The average Bonchev–Trinajstić information content (AvgIpc) is 2.99. The van der Waals surface area contributed by atoms with E-state index in [9.17, 15) is 13.2 Å². The summed E-state index contributed by atoms with van der Waals surface area (Å²) in [4.78, 5) is 6.62. The average molecular weight is 375 g/mol. The Morgan fingerprint density at radius 3 is 2.78 bits per heavy atom. The Morgan fingerprint density at radius 2 is 2.11 bits per heavy atom. The largest absolute Gasteiger partial charge is 0.417 e. The third kappa shape index (κ3) is 3.62. The van der Waals surface area contributed by atoms with Crippen LogP contribution in [0.1, 0.15) is 11.3 Å². The van der Waals surface area contributed by atoms with Crippen molar-refractivity contribution in [3.63, 3.8) is 0 Å². The fourth-order valence-corrected chi connectivity index (χ4v) is 3.49. The molecule has 4 heterocycles. The molecule has 0 saturated carbocycles. The summed E-state index contributed by atoms with van der Waals surface area (Å²) < 4.78 is 40.1. The number of nitrogens with one attached hydrogen (secondary N) is 1. The number of rotatable bonds is 3. The molecule has 0 fully saturated rings. The summed E-state index contributed by atoms with van der Waals surface area (Å²) in [5.74, 6) is 0. The van der Waals surface area contributed by atoms with Crippen LogP contribution in [-0.4, -0.2) is 45.0 Å². The number of hydrogen-bond acceptors (Lipinski definition) is 4. The number of dihydropyridines is 1. The van der Waals surface area contributed by atoms with Gasteiger partial charge in [0.05, 0.1) is 29.5 Å². The highest BCUT2D eigenvalue weighted by atomic mass is 19.4. The van der Waals surface area contributed by atoms with Crippen molar-refractivity contribution in [1.29, 1.82) is 0 Å². The Balaban J connectivity index is 1.45. The monoisotopic (exact) mass is 375 g/mol. The highest BCUT2D eigenvalue weighted by molar-refractivity contribution is 5.59. The summed E-state index contributed by atoms with van der Waals surface area (Å²) in [6.45, 7) is 4.96. The highest BCUT2D eigenvalue weighted by Gasteiger charge is 2.33. The smallest absolute Gasteiger partial charge is 0.383 e. The maximum Gasteiger partial charge on any atom is 0.417 e. The first kappa shape index (κ1) is 17.8. The minimum Gasteiger partial charge on any atom is -0.383 e. The van der Waals surface area contributed by atoms with Gasteiger partial charge in [-0.2, -0.15) is 18.3 Å². The zero-order valence-corrected chi connectivity index (χ0v) is 14.9. The van der Waals surface area contributed by atoms with E-state index in [1.807, 2.05) is 29.8 Å². The molecule has 0 aromatic carbocycles. The van der Waals surface area contributed by atoms with Crippen LogP contribution in [0.5, 0.6) is 0 Å². The summed E-state index contributed by atoms with van der Waals surface area (Å²) in [5.41, 5.74) is 3.33. The van der Waals surface area contributed by atoms with E-state index >= 15 is 0 Å². The molecule has 27 heavy (non-hydrogen) atoms. The van der Waals surface area contributed by atoms with E-state index in [4.69, 9.17) is 5.10 Å². The Labute approximate surface area is 155 Å². The number of aromatic nitrogens is 3. The van der Waals surface area contributed by atoms with Gasteiger partial charge in [-0.05, 0) is 19.1 Å². The van der Waals surface area contributed by atoms with Gasteiger partial charge in [0.2, 0.25) is 0 Å². The number of pyridine rings is 1. The molecule has 2 aliphatic heterocycles. The van der Waals surface area contributed by atoms with E-state index in [0.717, 1.165) is 48.0 Å². The zero-order valence-electron chi connectivity index (χ0n) is 14.9. The van der Waals surface area contributed by atoms with Crippen molar-refractivity contribution in [3.05, 3.63) is 59.6 Å². The van der Waals surface area contributed by atoms with E-state index < -0.39 is 11.7 Å². The molecule has 4 rings (SSSR count). The predicted molar refractivity (Wildman–Crippen MR) is 95.7 cm³/mol. The van der Waals surface area contributed by atoms with Crippen LogP contribution in [-0.2, 0) is 13.1 Å². The molecular formula is C19H20F3N5. The lowest BCUT2D eigenvalue weighted by molar-refractivity contribution is -0.0888. The van der Waals surface area contributed by atoms with Crippen molar-refractivity contribution in [3.8, 4) is 11.4 Å². The lowest BCUT2D eigenvalue weighted by Gasteiger charge is -2.31. The van der Waals surface area contributed by atoms with E-state index in [1.54, 1.807) is 12.3 Å². The van der Waals surface area contributed by atoms with Crippen LogP contribution < -0.4 is 5.32 Å². The number of allylic oxidation sites excluding steroid dienone is 2. The fourth-order valence-electron chi connectivity index (χ4n) is 3.49. The van der Waals surface area contributed by atoms with Crippen LogP contribution in [0.3, 0.4) is 0 Å². The summed E-state index contributed by atoms with van der Waals surface area (Å²) in [5, 5.41) is 7.55. The summed E-state index contributed by atoms with van der Waals surface area (Å²) in [6.07, 6.45) is 1.23. The Hall–Kier alpha value is -2.61. The van der Waals surface area contributed by atoms with Gasteiger partial charge in [-0.15, -0.1) is 0 Å². The second-order valence-corrected chi connectivity index (χ2v) is 6.82. The maximum atomic E-state index is 12.7. The first-order valence-electron chi connectivity index (χ1n) is 8.83. The number of halogens is 3. The van der Waals surface area contributed by atoms with Gasteiger partial charge >= 0.3 is 6.18 Å². The van der Waals surface area contributed by atoms with Crippen molar-refractivity contribution in [1.82, 2.24) is 25.0 Å². The van der Waals surface area contributed by atoms with Gasteiger partial charge in [0.25, 0.3) is 0 Å². The molecule has 0 aliphatic carbocycles. The van der Waals surface area contributed by atoms with Crippen molar-refractivity contribution in [2.24, 2.45) is 0 Å².